The third-order valence-corrected chi connectivity index (χ3v) is 3.91. The normalized spacial score (nSPS) is 10.4. The second kappa shape index (κ2) is 5.80. The predicted molar refractivity (Wildman–Crippen MR) is 72.3 cm³/mol. The van der Waals surface area contributed by atoms with Crippen molar-refractivity contribution in [1.82, 2.24) is 0 Å². The lowest BCUT2D eigenvalue weighted by molar-refractivity contribution is -0.658. The molecule has 19 heavy (non-hydrogen) atoms. The van der Waals surface area contributed by atoms with E-state index >= 15 is 0 Å². The van der Waals surface area contributed by atoms with Crippen molar-refractivity contribution in [1.29, 1.82) is 0 Å². The largest absolute Gasteiger partial charge is 1.00 e. The number of benzene rings is 2. The first-order valence-electron chi connectivity index (χ1n) is 5.84. The van der Waals surface area contributed by atoms with Crippen LogP contribution in [-0.2, 0) is 6.54 Å². The third kappa shape index (κ3) is 3.01. The van der Waals surface area contributed by atoms with Gasteiger partial charge in [0.05, 0.1) is 0 Å². The van der Waals surface area contributed by atoms with Crippen LogP contribution in [0.2, 0.25) is 0 Å². The number of fused-ring (bicyclic) bond motifs is 1. The summed E-state index contributed by atoms with van der Waals surface area (Å²) in [6.45, 7) is 2.80. The van der Waals surface area contributed by atoms with Gasteiger partial charge in [0.15, 0.2) is 6.54 Å². The van der Waals surface area contributed by atoms with Crippen LogP contribution in [0.3, 0.4) is 0 Å². The zero-order valence-electron chi connectivity index (χ0n) is 10.4. The van der Waals surface area contributed by atoms with Crippen molar-refractivity contribution < 1.29 is 25.9 Å². The maximum Gasteiger partial charge on any atom is 0.226 e. The Hall–Kier alpha value is -1.26. The van der Waals surface area contributed by atoms with E-state index in [1.54, 1.807) is 23.5 Å². The first kappa shape index (κ1) is 14.2. The summed E-state index contributed by atoms with van der Waals surface area (Å²) in [5, 5.41) is 0. The number of thiazole rings is 1. The van der Waals surface area contributed by atoms with E-state index in [4.69, 9.17) is 0 Å². The van der Waals surface area contributed by atoms with Crippen molar-refractivity contribution in [2.75, 3.05) is 0 Å². The fourth-order valence-electron chi connectivity index (χ4n) is 2.08. The van der Waals surface area contributed by atoms with Crippen LogP contribution in [0.15, 0.2) is 48.0 Å². The van der Waals surface area contributed by atoms with Crippen LogP contribution in [0.5, 0.6) is 0 Å². The molecule has 0 saturated heterocycles. The van der Waals surface area contributed by atoms with Gasteiger partial charge in [0.2, 0.25) is 11.0 Å². The monoisotopic (exact) mass is 337 g/mol. The van der Waals surface area contributed by atoms with Crippen LogP contribution in [0, 0.1) is 12.7 Å². The first-order valence-corrected chi connectivity index (χ1v) is 6.72. The zero-order valence-corrected chi connectivity index (χ0v) is 12.8. The van der Waals surface area contributed by atoms with Crippen molar-refractivity contribution in [2.24, 2.45) is 0 Å². The van der Waals surface area contributed by atoms with Crippen molar-refractivity contribution in [2.45, 2.75) is 13.5 Å². The average molecular weight is 338 g/mol. The molecule has 0 saturated carbocycles. The van der Waals surface area contributed by atoms with E-state index in [9.17, 15) is 4.39 Å². The molecular weight excluding hydrogens is 325 g/mol. The summed E-state index contributed by atoms with van der Waals surface area (Å²) in [7, 11) is 0. The van der Waals surface area contributed by atoms with Crippen LogP contribution >= 0.6 is 11.3 Å². The molecule has 0 radical (unpaired) electrons. The lowest BCUT2D eigenvalue weighted by Crippen LogP contribution is -3.00. The van der Waals surface area contributed by atoms with E-state index < -0.39 is 0 Å². The Morgan fingerprint density at radius 2 is 2.00 bits per heavy atom. The summed E-state index contributed by atoms with van der Waals surface area (Å²) < 4.78 is 16.6. The molecule has 0 amide bonds. The van der Waals surface area contributed by atoms with Gasteiger partial charge in [0.1, 0.15) is 10.5 Å². The lowest BCUT2D eigenvalue weighted by Gasteiger charge is -1.97. The van der Waals surface area contributed by atoms with Crippen LogP contribution in [0.25, 0.3) is 10.2 Å². The molecule has 0 fully saturated rings. The molecule has 0 bridgehead atoms. The van der Waals surface area contributed by atoms with E-state index in [1.165, 1.54) is 21.8 Å². The molecule has 2 aromatic carbocycles. The highest BCUT2D eigenvalue weighted by Crippen LogP contribution is 2.18. The Balaban J connectivity index is 0.00000133. The summed E-state index contributed by atoms with van der Waals surface area (Å²) in [4.78, 5) is 0. The van der Waals surface area contributed by atoms with Gasteiger partial charge >= 0.3 is 0 Å². The molecule has 3 aromatic rings. The van der Waals surface area contributed by atoms with Gasteiger partial charge in [-0.1, -0.05) is 29.5 Å². The highest BCUT2D eigenvalue weighted by molar-refractivity contribution is 7.16. The Morgan fingerprint density at radius 1 is 1.16 bits per heavy atom. The number of hydrogen-bond acceptors (Lipinski definition) is 1. The number of halogens is 2. The third-order valence-electron chi connectivity index (χ3n) is 2.97. The maximum atomic E-state index is 13.2. The molecule has 98 valence electrons. The maximum absolute atomic E-state index is 13.2. The molecule has 1 aromatic heterocycles. The first-order chi connectivity index (χ1) is 8.72. The number of aromatic nitrogens is 1. The fraction of sp³-hybridized carbons (Fsp3) is 0.133. The quantitative estimate of drug-likeness (QED) is 0.606. The van der Waals surface area contributed by atoms with E-state index in [0.29, 0.717) is 6.54 Å². The SMILES string of the molecule is Cc1ccc2c(c1)sc[n+]2Cc1cccc(F)c1.[Br-]. The van der Waals surface area contributed by atoms with Gasteiger partial charge in [-0.15, -0.1) is 0 Å². The molecular formula is C15H13BrFNS. The molecule has 1 nitrogen and oxygen atoms in total. The van der Waals surface area contributed by atoms with Crippen molar-refractivity contribution in [3.8, 4) is 0 Å². The molecule has 0 N–H and O–H groups in total. The summed E-state index contributed by atoms with van der Waals surface area (Å²) in [6.07, 6.45) is 0. The van der Waals surface area contributed by atoms with E-state index in [-0.39, 0.29) is 22.8 Å². The standard InChI is InChI=1S/C15H13FNS.BrH/c1-11-5-6-14-15(7-11)18-10-17(14)9-12-3-2-4-13(16)8-12;/h2-8,10H,9H2,1H3;1H/q+1;/p-1. The van der Waals surface area contributed by atoms with Crippen molar-refractivity contribution in [3.05, 3.63) is 64.9 Å². The van der Waals surface area contributed by atoms with Gasteiger partial charge in [-0.05, 0) is 30.7 Å². The summed E-state index contributed by atoms with van der Waals surface area (Å²) in [6, 6.07) is 13.2. The van der Waals surface area contributed by atoms with E-state index in [1.807, 2.05) is 6.07 Å². The predicted octanol–water partition coefficient (Wildman–Crippen LogP) is 0.689. The topological polar surface area (TPSA) is 3.88 Å². The van der Waals surface area contributed by atoms with Gasteiger partial charge in [-0.2, -0.15) is 4.57 Å². The van der Waals surface area contributed by atoms with Gasteiger partial charge in [-0.3, -0.25) is 0 Å². The summed E-state index contributed by atoms with van der Waals surface area (Å²) >= 11 is 1.72. The summed E-state index contributed by atoms with van der Waals surface area (Å²) in [5.41, 5.74) is 5.55. The second-order valence-corrected chi connectivity index (χ2v) is 5.34. The molecule has 1 heterocycles. The molecule has 0 aliphatic heterocycles. The fourth-order valence-corrected chi connectivity index (χ4v) is 3.07. The molecule has 0 unspecified atom stereocenters. The minimum atomic E-state index is -0.177. The van der Waals surface area contributed by atoms with Crippen LogP contribution in [0.4, 0.5) is 4.39 Å². The lowest BCUT2D eigenvalue weighted by atomic mass is 10.2. The summed E-state index contributed by atoms with van der Waals surface area (Å²) in [5.74, 6) is -0.177. The zero-order chi connectivity index (χ0) is 12.5. The van der Waals surface area contributed by atoms with Crippen LogP contribution in [-0.4, -0.2) is 0 Å². The Kier molecular flexibility index (Phi) is 4.32. The molecule has 0 aliphatic rings. The van der Waals surface area contributed by atoms with Gasteiger partial charge in [-0.25, -0.2) is 4.39 Å². The number of hydrogen-bond donors (Lipinski definition) is 0. The highest BCUT2D eigenvalue weighted by Gasteiger charge is 2.12. The smallest absolute Gasteiger partial charge is 0.226 e. The van der Waals surface area contributed by atoms with Crippen molar-refractivity contribution >= 4 is 21.6 Å². The number of rotatable bonds is 2. The molecule has 0 atom stereocenters. The molecule has 0 spiro atoms. The minimum Gasteiger partial charge on any atom is -1.00 e. The minimum absolute atomic E-state index is 0. The highest BCUT2D eigenvalue weighted by atomic mass is 79.9. The van der Waals surface area contributed by atoms with Crippen LogP contribution in [0.1, 0.15) is 11.1 Å². The van der Waals surface area contributed by atoms with Crippen LogP contribution < -0.4 is 21.5 Å². The van der Waals surface area contributed by atoms with Crippen molar-refractivity contribution in [3.63, 3.8) is 0 Å². The Bertz CT molecular complexity index is 708. The van der Waals surface area contributed by atoms with Gasteiger partial charge in [0, 0.05) is 11.6 Å². The number of aryl methyl sites for hydroxylation is 1. The second-order valence-electron chi connectivity index (χ2n) is 4.45. The Morgan fingerprint density at radius 3 is 2.79 bits per heavy atom. The average Bonchev–Trinajstić information content (AvgIpc) is 2.72. The molecule has 0 aliphatic carbocycles. The molecule has 4 heteroatoms. The van der Waals surface area contributed by atoms with Gasteiger partial charge in [0.25, 0.3) is 0 Å². The van der Waals surface area contributed by atoms with E-state index in [0.717, 1.165) is 5.56 Å². The van der Waals surface area contributed by atoms with Gasteiger partial charge < -0.3 is 17.0 Å². The number of nitrogens with zero attached hydrogens (tertiary/aromatic N) is 1. The Labute approximate surface area is 126 Å². The molecule has 3 rings (SSSR count). The van der Waals surface area contributed by atoms with E-state index in [2.05, 4.69) is 35.2 Å².